The van der Waals surface area contributed by atoms with Crippen LogP contribution in [0.5, 0.6) is 0 Å². The number of rotatable bonds is 7. The van der Waals surface area contributed by atoms with Gasteiger partial charge < -0.3 is 0 Å². The van der Waals surface area contributed by atoms with Crippen LogP contribution in [-0.2, 0) is 10.3 Å². The molecular weight excluding hydrogens is 222 g/mol. The molecule has 0 aliphatic rings. The van der Waals surface area contributed by atoms with Gasteiger partial charge >= 0.3 is 0 Å². The molecule has 0 N–H and O–H groups in total. The molecule has 0 bridgehead atoms. The molecule has 0 amide bonds. The van der Waals surface area contributed by atoms with Gasteiger partial charge in [-0.15, -0.1) is 0 Å². The Morgan fingerprint density at radius 2 is 1.78 bits per heavy atom. The summed E-state index contributed by atoms with van der Waals surface area (Å²) in [4.78, 5) is 14.7. The van der Waals surface area contributed by atoms with Crippen molar-refractivity contribution in [3.8, 4) is 0 Å². The maximum Gasteiger partial charge on any atom is 0.157 e. The van der Waals surface area contributed by atoms with Gasteiger partial charge in [-0.3, -0.25) is 9.69 Å². The first-order valence-corrected chi connectivity index (χ1v) is 6.85. The van der Waals surface area contributed by atoms with Crippen LogP contribution in [0.15, 0.2) is 30.3 Å². The molecule has 0 spiro atoms. The van der Waals surface area contributed by atoms with Gasteiger partial charge in [-0.1, -0.05) is 50.6 Å². The fourth-order valence-corrected chi connectivity index (χ4v) is 2.64. The second-order valence-electron chi connectivity index (χ2n) is 5.00. The lowest BCUT2D eigenvalue weighted by atomic mass is 9.80. The van der Waals surface area contributed by atoms with E-state index in [2.05, 4.69) is 30.9 Å². The van der Waals surface area contributed by atoms with Crippen molar-refractivity contribution in [2.75, 3.05) is 14.1 Å². The van der Waals surface area contributed by atoms with Crippen molar-refractivity contribution in [2.45, 2.75) is 45.1 Å². The summed E-state index contributed by atoms with van der Waals surface area (Å²) < 4.78 is 0. The Bertz CT molecular complexity index is 372. The Labute approximate surface area is 111 Å². The number of Topliss-reactive ketones (excluding diaryl/α,β-unsaturated/α-hetero) is 1. The number of carbonyl (C=O) groups is 1. The van der Waals surface area contributed by atoms with E-state index in [1.807, 2.05) is 32.3 Å². The Hall–Kier alpha value is -1.15. The second kappa shape index (κ2) is 6.69. The van der Waals surface area contributed by atoms with Crippen molar-refractivity contribution in [3.63, 3.8) is 0 Å². The Balaban J connectivity index is 3.14. The zero-order chi connectivity index (χ0) is 13.6. The molecule has 0 fully saturated rings. The SMILES string of the molecule is CCCCC(=O)C(CC)(c1ccccc1)N(C)C. The normalized spacial score (nSPS) is 14.5. The monoisotopic (exact) mass is 247 g/mol. The van der Waals surface area contributed by atoms with Crippen LogP contribution in [0, 0.1) is 0 Å². The van der Waals surface area contributed by atoms with Gasteiger partial charge in [0.2, 0.25) is 0 Å². The summed E-state index contributed by atoms with van der Waals surface area (Å²) in [5.41, 5.74) is 0.648. The van der Waals surface area contributed by atoms with Crippen molar-refractivity contribution in [1.82, 2.24) is 4.90 Å². The first-order chi connectivity index (χ1) is 8.59. The van der Waals surface area contributed by atoms with Gasteiger partial charge in [0.1, 0.15) is 5.54 Å². The van der Waals surface area contributed by atoms with Gasteiger partial charge in [0.05, 0.1) is 0 Å². The fraction of sp³-hybridized carbons (Fsp3) is 0.562. The zero-order valence-corrected chi connectivity index (χ0v) is 12.1. The summed E-state index contributed by atoms with van der Waals surface area (Å²) in [5.74, 6) is 0.336. The van der Waals surface area contributed by atoms with E-state index in [1.54, 1.807) is 0 Å². The van der Waals surface area contributed by atoms with E-state index in [9.17, 15) is 4.79 Å². The molecule has 0 heterocycles. The van der Waals surface area contributed by atoms with Gasteiger partial charge in [-0.05, 0) is 32.5 Å². The van der Waals surface area contributed by atoms with E-state index in [0.717, 1.165) is 24.8 Å². The average Bonchev–Trinajstić information content (AvgIpc) is 2.38. The molecule has 18 heavy (non-hydrogen) atoms. The predicted octanol–water partition coefficient (Wildman–Crippen LogP) is 3.61. The van der Waals surface area contributed by atoms with Crippen molar-refractivity contribution in [3.05, 3.63) is 35.9 Å². The zero-order valence-electron chi connectivity index (χ0n) is 12.1. The van der Waals surface area contributed by atoms with Crippen LogP contribution in [-0.4, -0.2) is 24.8 Å². The molecule has 0 aliphatic carbocycles. The minimum absolute atomic E-state index is 0.336. The quantitative estimate of drug-likeness (QED) is 0.733. The molecule has 0 radical (unpaired) electrons. The third-order valence-corrected chi connectivity index (χ3v) is 3.75. The van der Waals surface area contributed by atoms with Gasteiger partial charge in [0, 0.05) is 6.42 Å². The van der Waals surface area contributed by atoms with Gasteiger partial charge in [0.15, 0.2) is 5.78 Å². The minimum atomic E-state index is -0.462. The van der Waals surface area contributed by atoms with Gasteiger partial charge in [-0.25, -0.2) is 0 Å². The first kappa shape index (κ1) is 14.9. The van der Waals surface area contributed by atoms with Crippen LogP contribution in [0.25, 0.3) is 0 Å². The minimum Gasteiger partial charge on any atom is -0.297 e. The lowest BCUT2D eigenvalue weighted by Crippen LogP contribution is -2.47. The highest BCUT2D eigenvalue weighted by Gasteiger charge is 2.39. The smallest absolute Gasteiger partial charge is 0.157 e. The number of likely N-dealkylation sites (N-methyl/N-ethyl adjacent to an activating group) is 1. The average molecular weight is 247 g/mol. The first-order valence-electron chi connectivity index (χ1n) is 6.85. The van der Waals surface area contributed by atoms with Crippen molar-refractivity contribution in [2.24, 2.45) is 0 Å². The fourth-order valence-electron chi connectivity index (χ4n) is 2.64. The number of hydrogen-bond acceptors (Lipinski definition) is 2. The van der Waals surface area contributed by atoms with Crippen LogP contribution < -0.4 is 0 Å². The molecule has 1 unspecified atom stereocenters. The highest BCUT2D eigenvalue weighted by Crippen LogP contribution is 2.32. The van der Waals surface area contributed by atoms with Gasteiger partial charge in [0.25, 0.3) is 0 Å². The van der Waals surface area contributed by atoms with E-state index in [1.165, 1.54) is 0 Å². The highest BCUT2D eigenvalue weighted by molar-refractivity contribution is 5.89. The third-order valence-electron chi connectivity index (χ3n) is 3.75. The number of hydrogen-bond donors (Lipinski definition) is 0. The van der Waals surface area contributed by atoms with E-state index >= 15 is 0 Å². The maximum atomic E-state index is 12.7. The Morgan fingerprint density at radius 3 is 2.22 bits per heavy atom. The summed E-state index contributed by atoms with van der Waals surface area (Å²) >= 11 is 0. The standard InChI is InChI=1S/C16H25NO/c1-5-7-13-15(18)16(6-2,17(3)4)14-11-9-8-10-12-14/h8-12H,5-7,13H2,1-4H3. The van der Waals surface area contributed by atoms with Crippen LogP contribution >= 0.6 is 0 Å². The summed E-state index contributed by atoms with van der Waals surface area (Å²) in [6, 6.07) is 10.1. The number of ketones is 1. The summed E-state index contributed by atoms with van der Waals surface area (Å²) in [6.45, 7) is 4.22. The summed E-state index contributed by atoms with van der Waals surface area (Å²) in [6.07, 6.45) is 3.51. The van der Waals surface area contributed by atoms with Crippen molar-refractivity contribution < 1.29 is 4.79 Å². The number of benzene rings is 1. The molecule has 1 atom stereocenters. The summed E-state index contributed by atoms with van der Waals surface area (Å²) in [7, 11) is 4.00. The van der Waals surface area contributed by atoms with Gasteiger partial charge in [-0.2, -0.15) is 0 Å². The maximum absolute atomic E-state index is 12.7. The molecular formula is C16H25NO. The molecule has 1 aromatic rings. The lowest BCUT2D eigenvalue weighted by molar-refractivity contribution is -0.130. The van der Waals surface area contributed by atoms with Crippen LogP contribution in [0.2, 0.25) is 0 Å². The summed E-state index contributed by atoms with van der Waals surface area (Å²) in [5, 5.41) is 0. The molecule has 2 heteroatoms. The molecule has 1 aromatic carbocycles. The second-order valence-corrected chi connectivity index (χ2v) is 5.00. The molecule has 0 saturated heterocycles. The molecule has 2 nitrogen and oxygen atoms in total. The molecule has 0 saturated carbocycles. The lowest BCUT2D eigenvalue weighted by Gasteiger charge is -2.38. The number of unbranched alkanes of at least 4 members (excludes halogenated alkanes) is 1. The Kier molecular flexibility index (Phi) is 5.54. The van der Waals surface area contributed by atoms with Crippen LogP contribution in [0.3, 0.4) is 0 Å². The highest BCUT2D eigenvalue weighted by atomic mass is 16.1. The predicted molar refractivity (Wildman–Crippen MR) is 76.6 cm³/mol. The van der Waals surface area contributed by atoms with E-state index in [0.29, 0.717) is 12.2 Å². The topological polar surface area (TPSA) is 20.3 Å². The number of carbonyl (C=O) groups excluding carboxylic acids is 1. The van der Waals surface area contributed by atoms with E-state index in [-0.39, 0.29) is 0 Å². The Morgan fingerprint density at radius 1 is 1.17 bits per heavy atom. The van der Waals surface area contributed by atoms with Crippen LogP contribution in [0.1, 0.15) is 45.1 Å². The van der Waals surface area contributed by atoms with Crippen molar-refractivity contribution in [1.29, 1.82) is 0 Å². The molecule has 100 valence electrons. The van der Waals surface area contributed by atoms with Crippen LogP contribution in [0.4, 0.5) is 0 Å². The van der Waals surface area contributed by atoms with E-state index < -0.39 is 5.54 Å². The number of nitrogens with zero attached hydrogens (tertiary/aromatic N) is 1. The van der Waals surface area contributed by atoms with Crippen molar-refractivity contribution >= 4 is 5.78 Å². The van der Waals surface area contributed by atoms with E-state index in [4.69, 9.17) is 0 Å². The third kappa shape index (κ3) is 2.81. The molecule has 0 aliphatic heterocycles. The molecule has 1 rings (SSSR count). The molecule has 0 aromatic heterocycles. The largest absolute Gasteiger partial charge is 0.297 e.